The number of amides is 1. The SMILES string of the molecule is CCC1CC([C@H](Cc2cc(F)cc(F)c2)NC(=O)OCc2ccccc2)OC1=O. The molecule has 1 aliphatic heterocycles. The van der Waals surface area contributed by atoms with Gasteiger partial charge in [0.2, 0.25) is 0 Å². The second-order valence-electron chi connectivity index (χ2n) is 7.11. The number of esters is 1. The largest absolute Gasteiger partial charge is 0.460 e. The fourth-order valence-corrected chi connectivity index (χ4v) is 3.42. The summed E-state index contributed by atoms with van der Waals surface area (Å²) >= 11 is 0. The third-order valence-corrected chi connectivity index (χ3v) is 4.95. The molecule has 29 heavy (non-hydrogen) atoms. The van der Waals surface area contributed by atoms with E-state index in [-0.39, 0.29) is 24.9 Å². The lowest BCUT2D eigenvalue weighted by molar-refractivity contribution is -0.145. The van der Waals surface area contributed by atoms with Gasteiger partial charge in [-0.1, -0.05) is 37.3 Å². The number of cyclic esters (lactones) is 1. The quantitative estimate of drug-likeness (QED) is 0.706. The molecule has 5 nitrogen and oxygen atoms in total. The minimum Gasteiger partial charge on any atom is -0.460 e. The fourth-order valence-electron chi connectivity index (χ4n) is 3.42. The molecule has 1 saturated heterocycles. The molecule has 154 valence electrons. The van der Waals surface area contributed by atoms with Crippen molar-refractivity contribution in [2.45, 2.75) is 44.9 Å². The van der Waals surface area contributed by atoms with E-state index in [1.165, 1.54) is 12.1 Å². The molecule has 0 aromatic heterocycles. The molecule has 1 aliphatic rings. The molecule has 0 aliphatic carbocycles. The molecule has 7 heteroatoms. The Morgan fingerprint density at radius 1 is 1.17 bits per heavy atom. The maximum absolute atomic E-state index is 13.6. The second kappa shape index (κ2) is 9.49. The average molecular weight is 403 g/mol. The summed E-state index contributed by atoms with van der Waals surface area (Å²) in [7, 11) is 0. The van der Waals surface area contributed by atoms with Gasteiger partial charge in [0.25, 0.3) is 0 Å². The van der Waals surface area contributed by atoms with Gasteiger partial charge < -0.3 is 14.8 Å². The van der Waals surface area contributed by atoms with Gasteiger partial charge in [0.05, 0.1) is 12.0 Å². The molecule has 1 N–H and O–H groups in total. The molecule has 0 saturated carbocycles. The van der Waals surface area contributed by atoms with Crippen molar-refractivity contribution < 1.29 is 27.8 Å². The first-order valence-corrected chi connectivity index (χ1v) is 9.57. The predicted molar refractivity (Wildman–Crippen MR) is 102 cm³/mol. The van der Waals surface area contributed by atoms with Crippen LogP contribution in [0.15, 0.2) is 48.5 Å². The number of hydrogen-bond donors (Lipinski definition) is 1. The van der Waals surface area contributed by atoms with E-state index in [4.69, 9.17) is 9.47 Å². The monoisotopic (exact) mass is 403 g/mol. The zero-order valence-corrected chi connectivity index (χ0v) is 16.1. The number of benzene rings is 2. The van der Waals surface area contributed by atoms with Crippen LogP contribution in [0.2, 0.25) is 0 Å². The van der Waals surface area contributed by atoms with Crippen molar-refractivity contribution in [1.82, 2.24) is 5.32 Å². The lowest BCUT2D eigenvalue weighted by atomic mass is 9.94. The van der Waals surface area contributed by atoms with Gasteiger partial charge in [0.15, 0.2) is 0 Å². The smallest absolute Gasteiger partial charge is 0.407 e. The molecule has 2 aromatic rings. The van der Waals surface area contributed by atoms with Crippen LogP contribution in [0.1, 0.15) is 30.9 Å². The molecule has 1 amide bonds. The number of carbonyl (C=O) groups excluding carboxylic acids is 2. The van der Waals surface area contributed by atoms with Gasteiger partial charge in [-0.15, -0.1) is 0 Å². The Balaban J connectivity index is 1.69. The van der Waals surface area contributed by atoms with Gasteiger partial charge in [-0.25, -0.2) is 13.6 Å². The molecule has 1 heterocycles. The van der Waals surface area contributed by atoms with Crippen LogP contribution in [-0.4, -0.2) is 24.2 Å². The molecular formula is C22H23F2NO4. The predicted octanol–water partition coefficient (Wildman–Crippen LogP) is 4.14. The Bertz CT molecular complexity index is 839. The van der Waals surface area contributed by atoms with Crippen molar-refractivity contribution in [3.8, 4) is 0 Å². The van der Waals surface area contributed by atoms with E-state index in [0.717, 1.165) is 11.6 Å². The molecule has 0 radical (unpaired) electrons. The van der Waals surface area contributed by atoms with Crippen molar-refractivity contribution in [1.29, 1.82) is 0 Å². The van der Waals surface area contributed by atoms with Crippen molar-refractivity contribution in [2.75, 3.05) is 0 Å². The van der Waals surface area contributed by atoms with Crippen LogP contribution in [0.3, 0.4) is 0 Å². The number of ether oxygens (including phenoxy) is 2. The Kier molecular flexibility index (Phi) is 6.80. The van der Waals surface area contributed by atoms with E-state index in [1.807, 2.05) is 37.3 Å². The standard InChI is InChI=1S/C22H23F2NO4/c1-2-16-11-20(29-21(16)26)19(10-15-8-17(23)12-18(24)9-15)25-22(27)28-13-14-6-4-3-5-7-14/h3-9,12,16,19-20H,2,10-11,13H2,1H3,(H,25,27)/t16?,19-,20?/m0/s1. The van der Waals surface area contributed by atoms with Crippen LogP contribution in [0, 0.1) is 17.6 Å². The maximum Gasteiger partial charge on any atom is 0.407 e. The van der Waals surface area contributed by atoms with Crippen molar-refractivity contribution in [3.05, 3.63) is 71.3 Å². The van der Waals surface area contributed by atoms with Crippen LogP contribution < -0.4 is 5.32 Å². The van der Waals surface area contributed by atoms with E-state index < -0.39 is 29.9 Å². The Morgan fingerprint density at radius 3 is 2.48 bits per heavy atom. The van der Waals surface area contributed by atoms with Crippen molar-refractivity contribution in [2.24, 2.45) is 5.92 Å². The van der Waals surface area contributed by atoms with Crippen molar-refractivity contribution >= 4 is 12.1 Å². The third-order valence-electron chi connectivity index (χ3n) is 4.95. The Hall–Kier alpha value is -2.96. The molecule has 3 rings (SSSR count). The fraction of sp³-hybridized carbons (Fsp3) is 0.364. The zero-order valence-electron chi connectivity index (χ0n) is 16.1. The maximum atomic E-state index is 13.6. The molecule has 1 fully saturated rings. The van der Waals surface area contributed by atoms with Crippen LogP contribution in [0.4, 0.5) is 13.6 Å². The van der Waals surface area contributed by atoms with Crippen LogP contribution in [-0.2, 0) is 27.3 Å². The number of carbonyl (C=O) groups is 2. The summed E-state index contributed by atoms with van der Waals surface area (Å²) in [4.78, 5) is 24.3. The molecule has 2 aromatic carbocycles. The van der Waals surface area contributed by atoms with Crippen LogP contribution in [0.5, 0.6) is 0 Å². The van der Waals surface area contributed by atoms with Crippen LogP contribution >= 0.6 is 0 Å². The summed E-state index contributed by atoms with van der Waals surface area (Å²) < 4.78 is 37.8. The number of rotatable bonds is 7. The third kappa shape index (κ3) is 5.76. The summed E-state index contributed by atoms with van der Waals surface area (Å²) in [5, 5.41) is 2.70. The number of hydrogen-bond acceptors (Lipinski definition) is 4. The minimum atomic E-state index is -0.708. The topological polar surface area (TPSA) is 64.6 Å². The zero-order chi connectivity index (χ0) is 20.8. The van der Waals surface area contributed by atoms with Gasteiger partial charge in [0.1, 0.15) is 24.3 Å². The van der Waals surface area contributed by atoms with Crippen molar-refractivity contribution in [3.63, 3.8) is 0 Å². The second-order valence-corrected chi connectivity index (χ2v) is 7.11. The average Bonchev–Trinajstić information content (AvgIpc) is 3.07. The molecule has 0 spiro atoms. The summed E-state index contributed by atoms with van der Waals surface area (Å²) in [5.41, 5.74) is 1.18. The molecule has 0 bridgehead atoms. The minimum absolute atomic E-state index is 0.0794. The van der Waals surface area contributed by atoms with Gasteiger partial charge in [-0.05, 0) is 42.5 Å². The van der Waals surface area contributed by atoms with Gasteiger partial charge >= 0.3 is 12.1 Å². The number of halogens is 2. The lowest BCUT2D eigenvalue weighted by Crippen LogP contribution is -2.45. The van der Waals surface area contributed by atoms with E-state index >= 15 is 0 Å². The highest BCUT2D eigenvalue weighted by Crippen LogP contribution is 2.27. The van der Waals surface area contributed by atoms with Gasteiger partial charge in [-0.2, -0.15) is 0 Å². The lowest BCUT2D eigenvalue weighted by Gasteiger charge is -2.24. The summed E-state index contributed by atoms with van der Waals surface area (Å²) in [6, 6.07) is 11.7. The Labute approximate surface area is 168 Å². The van der Waals surface area contributed by atoms with Gasteiger partial charge in [0, 0.05) is 6.07 Å². The molecule has 2 unspecified atom stereocenters. The Morgan fingerprint density at radius 2 is 1.86 bits per heavy atom. The van der Waals surface area contributed by atoms with Gasteiger partial charge in [-0.3, -0.25) is 4.79 Å². The first-order chi connectivity index (χ1) is 13.9. The first-order valence-electron chi connectivity index (χ1n) is 9.57. The van der Waals surface area contributed by atoms with E-state index in [1.54, 1.807) is 0 Å². The summed E-state index contributed by atoms with van der Waals surface area (Å²) in [5.74, 6) is -2.00. The summed E-state index contributed by atoms with van der Waals surface area (Å²) in [6.07, 6.45) is -0.134. The molecular weight excluding hydrogens is 380 g/mol. The van der Waals surface area contributed by atoms with E-state index in [2.05, 4.69) is 5.32 Å². The highest BCUT2D eigenvalue weighted by molar-refractivity contribution is 5.75. The first kappa shape index (κ1) is 20.8. The van der Waals surface area contributed by atoms with E-state index in [9.17, 15) is 18.4 Å². The molecule has 3 atom stereocenters. The highest BCUT2D eigenvalue weighted by atomic mass is 19.1. The van der Waals surface area contributed by atoms with Crippen LogP contribution in [0.25, 0.3) is 0 Å². The summed E-state index contributed by atoms with van der Waals surface area (Å²) in [6.45, 7) is 1.96. The normalized spacial score (nSPS) is 19.5. The highest BCUT2D eigenvalue weighted by Gasteiger charge is 2.38. The number of nitrogens with one attached hydrogen (secondary N) is 1. The number of alkyl carbamates (subject to hydrolysis) is 1. The van der Waals surface area contributed by atoms with E-state index in [0.29, 0.717) is 18.4 Å².